The molecule has 0 bridgehead atoms. The van der Waals surface area contributed by atoms with Crippen molar-refractivity contribution in [1.29, 1.82) is 0 Å². The Morgan fingerprint density at radius 3 is 2.41 bits per heavy atom. The summed E-state index contributed by atoms with van der Waals surface area (Å²) in [6.07, 6.45) is 0. The molecule has 1 rings (SSSR count). The number of rotatable bonds is 5. The smallest absolute Gasteiger partial charge is 0.238 e. The van der Waals surface area contributed by atoms with E-state index in [9.17, 15) is 9.90 Å². The van der Waals surface area contributed by atoms with Crippen molar-refractivity contribution in [2.24, 2.45) is 0 Å². The van der Waals surface area contributed by atoms with Gasteiger partial charge in [-0.2, -0.15) is 0 Å². The van der Waals surface area contributed by atoms with E-state index in [2.05, 4.69) is 0 Å². The molecule has 0 saturated carbocycles. The van der Waals surface area contributed by atoms with Gasteiger partial charge in [-0.1, -0.05) is 30.3 Å². The first-order chi connectivity index (χ1) is 8.01. The van der Waals surface area contributed by atoms with E-state index in [1.807, 2.05) is 44.2 Å². The molecule has 1 amide bonds. The molecule has 3 nitrogen and oxygen atoms in total. The van der Waals surface area contributed by atoms with E-state index >= 15 is 0 Å². The Hall–Kier alpha value is -1.06. The van der Waals surface area contributed by atoms with Crippen LogP contribution in [0.15, 0.2) is 30.3 Å². The van der Waals surface area contributed by atoms with E-state index in [1.165, 1.54) is 0 Å². The first-order valence-electron chi connectivity index (χ1n) is 5.52. The second-order valence-electron chi connectivity index (χ2n) is 4.57. The van der Waals surface area contributed by atoms with Crippen LogP contribution in [-0.2, 0) is 11.3 Å². The molecule has 0 fully saturated rings. The zero-order valence-corrected chi connectivity index (χ0v) is 10.9. The van der Waals surface area contributed by atoms with Crippen LogP contribution in [0.2, 0.25) is 0 Å². The quantitative estimate of drug-likeness (QED) is 0.818. The summed E-state index contributed by atoms with van der Waals surface area (Å²) in [6, 6.07) is 9.66. The molecule has 0 atom stereocenters. The predicted octanol–water partition coefficient (Wildman–Crippen LogP) is 2.02. The number of aliphatic hydroxyl groups excluding tert-OH is 1. The lowest BCUT2D eigenvalue weighted by atomic mass is 10.0. The highest BCUT2D eigenvalue weighted by Crippen LogP contribution is 2.18. The number of alkyl halides is 1. The topological polar surface area (TPSA) is 40.5 Å². The van der Waals surface area contributed by atoms with Crippen LogP contribution in [0.3, 0.4) is 0 Å². The Labute approximate surface area is 107 Å². The summed E-state index contributed by atoms with van der Waals surface area (Å²) in [5.74, 6) is -0.245. The molecule has 0 spiro atoms. The van der Waals surface area contributed by atoms with Gasteiger partial charge in [0.1, 0.15) is 5.88 Å². The molecule has 0 aliphatic carbocycles. The number of halogens is 1. The van der Waals surface area contributed by atoms with Crippen LogP contribution < -0.4 is 0 Å². The Balaban J connectivity index is 2.89. The normalized spacial score (nSPS) is 11.3. The second-order valence-corrected chi connectivity index (χ2v) is 4.84. The van der Waals surface area contributed by atoms with E-state index < -0.39 is 5.54 Å². The molecule has 4 heteroatoms. The van der Waals surface area contributed by atoms with Gasteiger partial charge >= 0.3 is 0 Å². The van der Waals surface area contributed by atoms with Crippen LogP contribution in [0.4, 0.5) is 0 Å². The number of hydrogen-bond donors (Lipinski definition) is 1. The molecule has 1 aromatic carbocycles. The molecule has 0 aromatic heterocycles. The maximum Gasteiger partial charge on any atom is 0.238 e. The van der Waals surface area contributed by atoms with Gasteiger partial charge in [0.2, 0.25) is 5.91 Å². The maximum absolute atomic E-state index is 11.8. The molecule has 0 saturated heterocycles. The number of hydrogen-bond acceptors (Lipinski definition) is 2. The average molecular weight is 256 g/mol. The molecule has 94 valence electrons. The first-order valence-corrected chi connectivity index (χ1v) is 6.06. The number of nitrogens with zero attached hydrogens (tertiary/aromatic N) is 1. The zero-order valence-electron chi connectivity index (χ0n) is 10.2. The van der Waals surface area contributed by atoms with Crippen molar-refractivity contribution in [3.05, 3.63) is 35.9 Å². The number of aliphatic hydroxyl groups is 1. The Morgan fingerprint density at radius 2 is 1.94 bits per heavy atom. The average Bonchev–Trinajstić information content (AvgIpc) is 2.36. The van der Waals surface area contributed by atoms with Crippen LogP contribution in [0, 0.1) is 0 Å². The van der Waals surface area contributed by atoms with Crippen molar-refractivity contribution in [2.45, 2.75) is 25.9 Å². The van der Waals surface area contributed by atoms with Crippen molar-refractivity contribution in [3.8, 4) is 0 Å². The zero-order chi connectivity index (χ0) is 12.9. The highest BCUT2D eigenvalue weighted by atomic mass is 35.5. The first kappa shape index (κ1) is 14.0. The van der Waals surface area contributed by atoms with Crippen LogP contribution >= 0.6 is 11.6 Å². The fourth-order valence-corrected chi connectivity index (χ4v) is 1.71. The van der Waals surface area contributed by atoms with Crippen LogP contribution in [0.5, 0.6) is 0 Å². The fourth-order valence-electron chi connectivity index (χ4n) is 1.56. The molecule has 0 heterocycles. The van der Waals surface area contributed by atoms with Crippen molar-refractivity contribution in [3.63, 3.8) is 0 Å². The van der Waals surface area contributed by atoms with Gasteiger partial charge in [-0.15, -0.1) is 11.6 Å². The Morgan fingerprint density at radius 1 is 1.35 bits per heavy atom. The molecular weight excluding hydrogens is 238 g/mol. The molecule has 0 aliphatic rings. The summed E-state index contributed by atoms with van der Waals surface area (Å²) in [7, 11) is 0. The lowest BCUT2D eigenvalue weighted by molar-refractivity contribution is -0.136. The number of carbonyl (C=O) groups is 1. The molecule has 0 radical (unpaired) electrons. The third-order valence-corrected chi connectivity index (χ3v) is 2.95. The minimum atomic E-state index is -0.609. The fraction of sp³-hybridized carbons (Fsp3) is 0.462. The highest BCUT2D eigenvalue weighted by molar-refractivity contribution is 6.27. The van der Waals surface area contributed by atoms with Crippen LogP contribution in [-0.4, -0.2) is 33.9 Å². The monoisotopic (exact) mass is 255 g/mol. The van der Waals surface area contributed by atoms with Crippen LogP contribution in [0.25, 0.3) is 0 Å². The van der Waals surface area contributed by atoms with Gasteiger partial charge in [-0.25, -0.2) is 0 Å². The Kier molecular flexibility index (Phi) is 4.97. The molecule has 1 N–H and O–H groups in total. The highest BCUT2D eigenvalue weighted by Gasteiger charge is 2.29. The summed E-state index contributed by atoms with van der Waals surface area (Å²) in [5, 5.41) is 9.35. The van der Waals surface area contributed by atoms with E-state index in [0.717, 1.165) is 5.56 Å². The van der Waals surface area contributed by atoms with E-state index in [0.29, 0.717) is 6.54 Å². The van der Waals surface area contributed by atoms with Crippen molar-refractivity contribution < 1.29 is 9.90 Å². The van der Waals surface area contributed by atoms with Gasteiger partial charge in [0.25, 0.3) is 0 Å². The lowest BCUT2D eigenvalue weighted by Gasteiger charge is -2.37. The minimum absolute atomic E-state index is 0.0732. The molecule has 17 heavy (non-hydrogen) atoms. The predicted molar refractivity (Wildman–Crippen MR) is 68.9 cm³/mol. The summed E-state index contributed by atoms with van der Waals surface area (Å²) in [4.78, 5) is 13.4. The van der Waals surface area contributed by atoms with Gasteiger partial charge in [0.05, 0.1) is 12.1 Å². The van der Waals surface area contributed by atoms with Crippen molar-refractivity contribution >= 4 is 17.5 Å². The summed E-state index contributed by atoms with van der Waals surface area (Å²) in [5.41, 5.74) is 0.412. The largest absolute Gasteiger partial charge is 0.394 e. The van der Waals surface area contributed by atoms with E-state index in [1.54, 1.807) is 4.90 Å². The lowest BCUT2D eigenvalue weighted by Crippen LogP contribution is -2.50. The second kappa shape index (κ2) is 6.03. The third kappa shape index (κ3) is 3.72. The molecule has 0 aliphatic heterocycles. The van der Waals surface area contributed by atoms with Crippen molar-refractivity contribution in [2.75, 3.05) is 12.5 Å². The summed E-state index contributed by atoms with van der Waals surface area (Å²) >= 11 is 5.60. The van der Waals surface area contributed by atoms with Gasteiger partial charge in [-0.3, -0.25) is 4.79 Å². The maximum atomic E-state index is 11.8. The summed E-state index contributed by atoms with van der Waals surface area (Å²) in [6.45, 7) is 4.00. The molecule has 1 aromatic rings. The number of carbonyl (C=O) groups excluding carboxylic acids is 1. The SMILES string of the molecule is CC(C)(CO)N(Cc1ccccc1)C(=O)CCl. The minimum Gasteiger partial charge on any atom is -0.394 e. The third-order valence-electron chi connectivity index (χ3n) is 2.72. The standard InChI is InChI=1S/C13H18ClNO2/c1-13(2,10-16)15(12(17)8-14)9-11-6-4-3-5-7-11/h3-7,16H,8-10H2,1-2H3. The van der Waals surface area contributed by atoms with E-state index in [-0.39, 0.29) is 18.4 Å². The van der Waals surface area contributed by atoms with Gasteiger partial charge in [0.15, 0.2) is 0 Å². The van der Waals surface area contributed by atoms with Gasteiger partial charge in [-0.05, 0) is 19.4 Å². The number of benzene rings is 1. The Bertz CT molecular complexity index is 365. The van der Waals surface area contributed by atoms with Gasteiger partial charge < -0.3 is 10.0 Å². The molecular formula is C13H18ClNO2. The number of amides is 1. The van der Waals surface area contributed by atoms with Crippen LogP contribution in [0.1, 0.15) is 19.4 Å². The molecule has 0 unspecified atom stereocenters. The summed E-state index contributed by atoms with van der Waals surface area (Å²) < 4.78 is 0. The van der Waals surface area contributed by atoms with Gasteiger partial charge in [0, 0.05) is 6.54 Å². The van der Waals surface area contributed by atoms with E-state index in [4.69, 9.17) is 11.6 Å². The van der Waals surface area contributed by atoms with Crippen molar-refractivity contribution in [1.82, 2.24) is 4.90 Å².